The van der Waals surface area contributed by atoms with Crippen LogP contribution in [-0.2, 0) is 9.47 Å². The molecule has 0 aliphatic heterocycles. The van der Waals surface area contributed by atoms with Gasteiger partial charge in [-0.15, -0.1) is 11.8 Å². The molecular formula is C20H38O3. The minimum atomic E-state index is 0.207. The summed E-state index contributed by atoms with van der Waals surface area (Å²) in [4.78, 5) is 0. The van der Waals surface area contributed by atoms with Gasteiger partial charge in [-0.3, -0.25) is 0 Å². The molecule has 0 aliphatic rings. The van der Waals surface area contributed by atoms with Crippen molar-refractivity contribution in [3.63, 3.8) is 0 Å². The quantitative estimate of drug-likeness (QED) is 0.245. The van der Waals surface area contributed by atoms with Gasteiger partial charge in [0.25, 0.3) is 0 Å². The van der Waals surface area contributed by atoms with Crippen LogP contribution in [0.2, 0.25) is 0 Å². The van der Waals surface area contributed by atoms with Gasteiger partial charge >= 0.3 is 0 Å². The molecule has 1 atom stereocenters. The summed E-state index contributed by atoms with van der Waals surface area (Å²) in [5.41, 5.74) is 0. The molecule has 1 N–H and O–H groups in total. The van der Waals surface area contributed by atoms with Gasteiger partial charge in [0.15, 0.2) is 0 Å². The van der Waals surface area contributed by atoms with Gasteiger partial charge in [0.1, 0.15) is 6.79 Å². The number of aliphatic hydroxyl groups excluding tert-OH is 1. The Kier molecular flexibility index (Phi) is 19.0. The van der Waals surface area contributed by atoms with Gasteiger partial charge in [0.05, 0.1) is 6.10 Å². The molecule has 0 saturated carbocycles. The Morgan fingerprint density at radius 1 is 0.826 bits per heavy atom. The second kappa shape index (κ2) is 19.5. The average Bonchev–Trinajstić information content (AvgIpc) is 2.57. The summed E-state index contributed by atoms with van der Waals surface area (Å²) < 4.78 is 10.6. The Bertz CT molecular complexity index is 272. The van der Waals surface area contributed by atoms with Crippen LogP contribution in [0.15, 0.2) is 0 Å². The van der Waals surface area contributed by atoms with E-state index in [1.807, 2.05) is 0 Å². The van der Waals surface area contributed by atoms with E-state index in [2.05, 4.69) is 18.8 Å². The van der Waals surface area contributed by atoms with Crippen molar-refractivity contribution < 1.29 is 14.6 Å². The van der Waals surface area contributed by atoms with Crippen LogP contribution in [0.25, 0.3) is 0 Å². The second-order valence-corrected chi connectivity index (χ2v) is 6.18. The van der Waals surface area contributed by atoms with E-state index in [-0.39, 0.29) is 12.7 Å². The minimum absolute atomic E-state index is 0.207. The summed E-state index contributed by atoms with van der Waals surface area (Å²) in [6.07, 6.45) is 15.3. The van der Waals surface area contributed by atoms with Crippen LogP contribution < -0.4 is 0 Å². The van der Waals surface area contributed by atoms with Gasteiger partial charge < -0.3 is 14.6 Å². The Hall–Kier alpha value is -0.560. The molecule has 0 fully saturated rings. The van der Waals surface area contributed by atoms with Crippen molar-refractivity contribution in [3.8, 4) is 11.8 Å². The highest BCUT2D eigenvalue weighted by Gasteiger charge is 2.08. The largest absolute Gasteiger partial charge is 0.396 e. The molecule has 0 heterocycles. The number of methoxy groups -OCH3 is 1. The van der Waals surface area contributed by atoms with Crippen molar-refractivity contribution in [1.29, 1.82) is 0 Å². The first-order valence-corrected chi connectivity index (χ1v) is 9.52. The Labute approximate surface area is 144 Å². The summed E-state index contributed by atoms with van der Waals surface area (Å²) in [5, 5.41) is 8.91. The van der Waals surface area contributed by atoms with Crippen LogP contribution in [0.4, 0.5) is 0 Å². The first-order valence-electron chi connectivity index (χ1n) is 9.52. The van der Waals surface area contributed by atoms with E-state index >= 15 is 0 Å². The smallest absolute Gasteiger partial charge is 0.146 e. The zero-order valence-electron chi connectivity index (χ0n) is 15.4. The van der Waals surface area contributed by atoms with Crippen LogP contribution >= 0.6 is 0 Å². The van der Waals surface area contributed by atoms with Crippen molar-refractivity contribution in [1.82, 2.24) is 0 Å². The molecule has 0 unspecified atom stereocenters. The molecular weight excluding hydrogens is 288 g/mol. The number of hydrogen-bond acceptors (Lipinski definition) is 3. The van der Waals surface area contributed by atoms with Crippen molar-refractivity contribution >= 4 is 0 Å². The van der Waals surface area contributed by atoms with Gasteiger partial charge in [0, 0.05) is 26.6 Å². The van der Waals surface area contributed by atoms with E-state index in [0.717, 1.165) is 44.9 Å². The molecule has 23 heavy (non-hydrogen) atoms. The van der Waals surface area contributed by atoms with E-state index in [1.54, 1.807) is 7.11 Å². The standard InChI is InChI=1S/C20H38O3/c1-3-4-5-6-7-8-9-10-11-12-13-14-16-20(17-15-18-21)23-19-22-2/h20-21H,3-9,12-19H2,1-2H3/t20-/m1/s1. The fourth-order valence-electron chi connectivity index (χ4n) is 2.55. The molecule has 0 spiro atoms. The van der Waals surface area contributed by atoms with Crippen molar-refractivity contribution in [2.45, 2.75) is 96.5 Å². The monoisotopic (exact) mass is 326 g/mol. The molecule has 0 bridgehead atoms. The van der Waals surface area contributed by atoms with Gasteiger partial charge in [-0.25, -0.2) is 0 Å². The number of aliphatic hydroxyl groups is 1. The van der Waals surface area contributed by atoms with Crippen LogP contribution in [-0.4, -0.2) is 31.7 Å². The molecule has 0 saturated heterocycles. The SMILES string of the molecule is CCCCCCCCC#CCCCC[C@H](CCCO)OCOC. The van der Waals surface area contributed by atoms with Gasteiger partial charge in [-0.1, -0.05) is 39.0 Å². The van der Waals surface area contributed by atoms with Crippen LogP contribution in [0.3, 0.4) is 0 Å². The fourth-order valence-corrected chi connectivity index (χ4v) is 2.55. The van der Waals surface area contributed by atoms with Gasteiger partial charge in [-0.2, -0.15) is 0 Å². The number of hydrogen-bond donors (Lipinski definition) is 1. The molecule has 0 aromatic rings. The van der Waals surface area contributed by atoms with E-state index in [1.165, 1.54) is 38.5 Å². The lowest BCUT2D eigenvalue weighted by molar-refractivity contribution is -0.0782. The first kappa shape index (κ1) is 22.4. The highest BCUT2D eigenvalue weighted by atomic mass is 16.7. The van der Waals surface area contributed by atoms with Crippen molar-refractivity contribution in [2.24, 2.45) is 0 Å². The summed E-state index contributed by atoms with van der Waals surface area (Å²) in [6, 6.07) is 0. The maximum Gasteiger partial charge on any atom is 0.146 e. The van der Waals surface area contributed by atoms with Gasteiger partial charge in [-0.05, 0) is 38.5 Å². The van der Waals surface area contributed by atoms with Crippen molar-refractivity contribution in [3.05, 3.63) is 0 Å². The molecule has 0 amide bonds. The highest BCUT2D eigenvalue weighted by molar-refractivity contribution is 4.98. The Balaban J connectivity index is 3.48. The molecule has 0 aliphatic carbocycles. The van der Waals surface area contributed by atoms with E-state index in [0.29, 0.717) is 6.79 Å². The molecule has 3 nitrogen and oxygen atoms in total. The molecule has 0 aromatic carbocycles. The lowest BCUT2D eigenvalue weighted by atomic mass is 10.1. The number of unbranched alkanes of at least 4 members (excludes halogenated alkanes) is 8. The Morgan fingerprint density at radius 2 is 1.43 bits per heavy atom. The Morgan fingerprint density at radius 3 is 2.09 bits per heavy atom. The normalized spacial score (nSPS) is 12.0. The third kappa shape index (κ3) is 17.6. The van der Waals surface area contributed by atoms with Crippen LogP contribution in [0.5, 0.6) is 0 Å². The van der Waals surface area contributed by atoms with Crippen molar-refractivity contribution in [2.75, 3.05) is 20.5 Å². The zero-order chi connectivity index (χ0) is 17.0. The fraction of sp³-hybridized carbons (Fsp3) is 0.900. The minimum Gasteiger partial charge on any atom is -0.396 e. The lowest BCUT2D eigenvalue weighted by Crippen LogP contribution is -2.15. The first-order chi connectivity index (χ1) is 11.3. The molecule has 0 rings (SSSR count). The summed E-state index contributed by atoms with van der Waals surface area (Å²) in [5.74, 6) is 6.59. The topological polar surface area (TPSA) is 38.7 Å². The van der Waals surface area contributed by atoms with Crippen LogP contribution in [0, 0.1) is 11.8 Å². The predicted molar refractivity (Wildman–Crippen MR) is 97.3 cm³/mol. The lowest BCUT2D eigenvalue weighted by Gasteiger charge is -2.16. The maximum atomic E-state index is 8.91. The third-order valence-electron chi connectivity index (χ3n) is 3.96. The maximum absolute atomic E-state index is 8.91. The molecule has 0 radical (unpaired) electrons. The predicted octanol–water partition coefficient (Wildman–Crippen LogP) is 5.06. The summed E-state index contributed by atoms with van der Waals surface area (Å²) in [7, 11) is 1.64. The molecule has 136 valence electrons. The molecule has 3 heteroatoms. The van der Waals surface area contributed by atoms with Gasteiger partial charge in [0.2, 0.25) is 0 Å². The third-order valence-corrected chi connectivity index (χ3v) is 3.96. The molecule has 0 aromatic heterocycles. The second-order valence-electron chi connectivity index (χ2n) is 6.18. The zero-order valence-corrected chi connectivity index (χ0v) is 15.4. The van der Waals surface area contributed by atoms with E-state index in [4.69, 9.17) is 14.6 Å². The highest BCUT2D eigenvalue weighted by Crippen LogP contribution is 2.12. The summed E-state index contributed by atoms with van der Waals surface area (Å²) >= 11 is 0. The summed E-state index contributed by atoms with van der Waals surface area (Å²) in [6.45, 7) is 2.83. The number of rotatable bonds is 16. The number of ether oxygens (including phenoxy) is 2. The van der Waals surface area contributed by atoms with E-state index < -0.39 is 0 Å². The van der Waals surface area contributed by atoms with Crippen LogP contribution in [0.1, 0.15) is 90.4 Å². The average molecular weight is 327 g/mol. The van der Waals surface area contributed by atoms with E-state index in [9.17, 15) is 0 Å².